The number of carbonyl (C=O) groups excluding carboxylic acids is 2. The first kappa shape index (κ1) is 24.2. The molecule has 0 unspecified atom stereocenters. The van der Waals surface area contributed by atoms with Crippen LogP contribution in [0, 0.1) is 5.82 Å². The Labute approximate surface area is 200 Å². The molecule has 0 saturated heterocycles. The van der Waals surface area contributed by atoms with Crippen LogP contribution in [0.25, 0.3) is 10.2 Å². The van der Waals surface area contributed by atoms with E-state index in [0.29, 0.717) is 48.6 Å². The van der Waals surface area contributed by atoms with Gasteiger partial charge in [-0.1, -0.05) is 29.5 Å². The van der Waals surface area contributed by atoms with E-state index in [0.717, 1.165) is 16.9 Å². The largest absolute Gasteiger partial charge is 0.380 e. The number of rotatable bonds is 8. The van der Waals surface area contributed by atoms with Gasteiger partial charge in [0.1, 0.15) is 17.3 Å². The second-order valence-corrected chi connectivity index (χ2v) is 10.9. The molecule has 2 aromatic carbocycles. The number of hydrogen-bond donors (Lipinski definition) is 0. The summed E-state index contributed by atoms with van der Waals surface area (Å²) in [6, 6.07) is 11.6. The smallest absolute Gasteiger partial charge is 0.263 e. The molecular weight excluding hydrogens is 481 g/mol. The van der Waals surface area contributed by atoms with Crippen molar-refractivity contribution in [3.05, 3.63) is 58.6 Å². The van der Waals surface area contributed by atoms with E-state index in [1.54, 1.807) is 22.8 Å². The van der Waals surface area contributed by atoms with Crippen molar-refractivity contribution in [3.8, 4) is 0 Å². The lowest BCUT2D eigenvalue weighted by atomic mass is 10.2. The minimum absolute atomic E-state index is 0.250. The third-order valence-corrected chi connectivity index (χ3v) is 7.82. The van der Waals surface area contributed by atoms with Crippen molar-refractivity contribution in [1.29, 1.82) is 0 Å². The number of carbonyl (C=O) groups is 2. The number of para-hydroxylation sites is 1. The third-order valence-electron chi connectivity index (χ3n) is 5.40. The maximum Gasteiger partial charge on any atom is 0.263 e. The average Bonchev–Trinajstić information content (AvgIpc) is 3.34. The fourth-order valence-corrected chi connectivity index (χ4v) is 6.06. The number of halogens is 1. The summed E-state index contributed by atoms with van der Waals surface area (Å²) < 4.78 is 46.6. The Morgan fingerprint density at radius 2 is 1.97 bits per heavy atom. The number of thiazole rings is 1. The van der Waals surface area contributed by atoms with Crippen molar-refractivity contribution in [2.45, 2.75) is 19.9 Å². The standard InChI is InChI=1S/C23H24FN3O5S2/c1-2-32-12-11-27-19-8-7-17(24)13-20(19)33-23(27)25-21(28)14-34(30,31)15-22(29)26-10-9-16-5-3-4-6-18(16)26/h3-8,13H,2,9-12,14-15H2,1H3. The predicted molar refractivity (Wildman–Crippen MR) is 128 cm³/mol. The normalized spacial score (nSPS) is 14.1. The van der Waals surface area contributed by atoms with Crippen molar-refractivity contribution in [2.75, 3.05) is 36.2 Å². The second-order valence-electron chi connectivity index (χ2n) is 7.81. The van der Waals surface area contributed by atoms with Gasteiger partial charge in [0.2, 0.25) is 5.91 Å². The number of hydrogen-bond acceptors (Lipinski definition) is 6. The lowest BCUT2D eigenvalue weighted by Gasteiger charge is -2.17. The van der Waals surface area contributed by atoms with Gasteiger partial charge in [-0.15, -0.1) is 0 Å². The average molecular weight is 506 g/mol. The number of ether oxygens (including phenoxy) is 1. The van der Waals surface area contributed by atoms with Crippen LogP contribution in [0.2, 0.25) is 0 Å². The van der Waals surface area contributed by atoms with Gasteiger partial charge in [0.25, 0.3) is 5.91 Å². The molecule has 0 fully saturated rings. The number of fused-ring (bicyclic) bond motifs is 2. The molecule has 0 bridgehead atoms. The van der Waals surface area contributed by atoms with Crippen LogP contribution in [0.4, 0.5) is 10.1 Å². The van der Waals surface area contributed by atoms with Gasteiger partial charge in [0, 0.05) is 25.4 Å². The van der Waals surface area contributed by atoms with E-state index in [4.69, 9.17) is 4.74 Å². The Kier molecular flexibility index (Phi) is 7.24. The van der Waals surface area contributed by atoms with E-state index >= 15 is 0 Å². The first-order chi connectivity index (χ1) is 16.3. The molecule has 2 amide bonds. The summed E-state index contributed by atoms with van der Waals surface area (Å²) in [6.07, 6.45) is 0.657. The molecule has 0 radical (unpaired) electrons. The van der Waals surface area contributed by atoms with Crippen LogP contribution in [0.3, 0.4) is 0 Å². The topological polar surface area (TPSA) is 98.0 Å². The maximum atomic E-state index is 13.7. The van der Waals surface area contributed by atoms with Crippen molar-refractivity contribution in [1.82, 2.24) is 4.57 Å². The Bertz CT molecular complexity index is 1410. The van der Waals surface area contributed by atoms with Crippen molar-refractivity contribution >= 4 is 48.9 Å². The predicted octanol–water partition coefficient (Wildman–Crippen LogP) is 2.31. The molecule has 4 rings (SSSR count). The molecule has 11 heteroatoms. The van der Waals surface area contributed by atoms with E-state index in [1.807, 2.05) is 19.1 Å². The molecule has 1 aliphatic rings. The molecule has 3 aromatic rings. The van der Waals surface area contributed by atoms with E-state index < -0.39 is 39.0 Å². The second kappa shape index (κ2) is 10.2. The summed E-state index contributed by atoms with van der Waals surface area (Å²) in [6.45, 7) is 3.49. The van der Waals surface area contributed by atoms with Gasteiger partial charge in [-0.05, 0) is 43.2 Å². The van der Waals surface area contributed by atoms with Gasteiger partial charge in [-0.2, -0.15) is 4.99 Å². The maximum absolute atomic E-state index is 13.7. The van der Waals surface area contributed by atoms with Gasteiger partial charge in [-0.25, -0.2) is 12.8 Å². The minimum atomic E-state index is -4.03. The van der Waals surface area contributed by atoms with Crippen LogP contribution in [0.1, 0.15) is 12.5 Å². The lowest BCUT2D eigenvalue weighted by molar-refractivity contribution is -0.116. The van der Waals surface area contributed by atoms with Crippen LogP contribution >= 0.6 is 11.3 Å². The summed E-state index contributed by atoms with van der Waals surface area (Å²) in [7, 11) is -4.03. The molecule has 180 valence electrons. The number of anilines is 1. The fourth-order valence-electron chi connectivity index (χ4n) is 3.89. The molecular formula is C23H24FN3O5S2. The highest BCUT2D eigenvalue weighted by atomic mass is 32.2. The van der Waals surface area contributed by atoms with Crippen LogP contribution in [-0.4, -0.2) is 56.1 Å². The van der Waals surface area contributed by atoms with Crippen LogP contribution in [0.5, 0.6) is 0 Å². The molecule has 0 aliphatic carbocycles. The van der Waals surface area contributed by atoms with Gasteiger partial charge < -0.3 is 14.2 Å². The minimum Gasteiger partial charge on any atom is -0.380 e. The number of nitrogens with zero attached hydrogens (tertiary/aromatic N) is 3. The van der Waals surface area contributed by atoms with E-state index in [2.05, 4.69) is 4.99 Å². The molecule has 0 N–H and O–H groups in total. The quantitative estimate of drug-likeness (QED) is 0.438. The van der Waals surface area contributed by atoms with E-state index in [1.165, 1.54) is 17.0 Å². The summed E-state index contributed by atoms with van der Waals surface area (Å²) in [5.41, 5.74) is 2.35. The molecule has 0 spiro atoms. The molecule has 1 aliphatic heterocycles. The molecule has 8 nitrogen and oxygen atoms in total. The van der Waals surface area contributed by atoms with Gasteiger partial charge in [0.05, 0.1) is 16.8 Å². The summed E-state index contributed by atoms with van der Waals surface area (Å²) in [5, 5.41) is 0. The van der Waals surface area contributed by atoms with Crippen LogP contribution < -0.4 is 9.70 Å². The van der Waals surface area contributed by atoms with Crippen LogP contribution in [-0.2, 0) is 37.1 Å². The Morgan fingerprint density at radius 3 is 2.76 bits per heavy atom. The number of benzene rings is 2. The zero-order chi connectivity index (χ0) is 24.3. The summed E-state index contributed by atoms with van der Waals surface area (Å²) in [5.74, 6) is -3.53. The monoisotopic (exact) mass is 505 g/mol. The van der Waals surface area contributed by atoms with Crippen molar-refractivity contribution < 1.29 is 27.1 Å². The SMILES string of the molecule is CCOCCn1c(=NC(=O)CS(=O)(=O)CC(=O)N2CCc3ccccc32)sc2cc(F)ccc21. The zero-order valence-electron chi connectivity index (χ0n) is 18.6. The summed E-state index contributed by atoms with van der Waals surface area (Å²) in [4.78, 5) is 30.9. The summed E-state index contributed by atoms with van der Waals surface area (Å²) >= 11 is 1.09. The molecule has 1 aromatic heterocycles. The third kappa shape index (κ3) is 5.43. The van der Waals surface area contributed by atoms with Gasteiger partial charge in [-0.3, -0.25) is 9.59 Å². The number of sulfone groups is 1. The first-order valence-electron chi connectivity index (χ1n) is 10.8. The lowest BCUT2D eigenvalue weighted by Crippen LogP contribution is -2.36. The van der Waals surface area contributed by atoms with Crippen molar-refractivity contribution in [3.63, 3.8) is 0 Å². The van der Waals surface area contributed by atoms with Crippen LogP contribution in [0.15, 0.2) is 47.5 Å². The Hall–Kier alpha value is -2.89. The van der Waals surface area contributed by atoms with Crippen molar-refractivity contribution in [2.24, 2.45) is 4.99 Å². The first-order valence-corrected chi connectivity index (χ1v) is 13.4. The highest BCUT2D eigenvalue weighted by molar-refractivity contribution is 7.92. The van der Waals surface area contributed by atoms with Gasteiger partial charge in [0.15, 0.2) is 14.6 Å². The Balaban J connectivity index is 1.52. The number of amides is 2. The molecule has 34 heavy (non-hydrogen) atoms. The number of aromatic nitrogens is 1. The Morgan fingerprint density at radius 1 is 1.18 bits per heavy atom. The van der Waals surface area contributed by atoms with Gasteiger partial charge >= 0.3 is 0 Å². The van der Waals surface area contributed by atoms with E-state index in [-0.39, 0.29) is 4.80 Å². The molecule has 0 saturated carbocycles. The molecule has 0 atom stereocenters. The highest BCUT2D eigenvalue weighted by Gasteiger charge is 2.29. The zero-order valence-corrected chi connectivity index (χ0v) is 20.2. The van der Waals surface area contributed by atoms with E-state index in [9.17, 15) is 22.4 Å². The highest BCUT2D eigenvalue weighted by Crippen LogP contribution is 2.27. The fraction of sp³-hybridized carbons (Fsp3) is 0.348. The molecule has 2 heterocycles.